The monoisotopic (exact) mass is 358 g/mol. The van der Waals surface area contributed by atoms with Crippen LogP contribution in [0.15, 0.2) is 18.2 Å². The van der Waals surface area contributed by atoms with Gasteiger partial charge in [-0.2, -0.15) is 0 Å². The molecular weight excluding hydrogens is 332 g/mol. The van der Waals surface area contributed by atoms with Crippen LogP contribution in [0.25, 0.3) is 0 Å². The normalized spacial score (nSPS) is 21.2. The molecule has 7 heteroatoms. The highest BCUT2D eigenvalue weighted by Gasteiger charge is 2.39. The van der Waals surface area contributed by atoms with E-state index in [0.717, 1.165) is 24.1 Å². The number of fused-ring (bicyclic) bond motifs is 1. The summed E-state index contributed by atoms with van der Waals surface area (Å²) in [5.74, 6) is -0.788. The van der Waals surface area contributed by atoms with E-state index in [4.69, 9.17) is 5.73 Å². The number of carbonyl (C=O) groups excluding carboxylic acids is 3. The maximum absolute atomic E-state index is 12.8. The molecule has 0 saturated carbocycles. The Morgan fingerprint density at radius 2 is 2.12 bits per heavy atom. The molecule has 2 heterocycles. The van der Waals surface area contributed by atoms with E-state index in [0.29, 0.717) is 25.1 Å². The molecule has 2 atom stereocenters. The first kappa shape index (κ1) is 18.5. The van der Waals surface area contributed by atoms with Crippen molar-refractivity contribution in [2.45, 2.75) is 51.4 Å². The number of hydrogen-bond acceptors (Lipinski definition) is 5. The average Bonchev–Trinajstić information content (AvgIpc) is 2.93. The zero-order chi connectivity index (χ0) is 18.8. The Morgan fingerprint density at radius 3 is 2.81 bits per heavy atom. The fourth-order valence-electron chi connectivity index (χ4n) is 3.68. The van der Waals surface area contributed by atoms with Gasteiger partial charge in [0.15, 0.2) is 0 Å². The molecule has 1 aromatic carbocycles. The molecule has 2 aliphatic rings. The van der Waals surface area contributed by atoms with Gasteiger partial charge in [0.2, 0.25) is 11.8 Å². The van der Waals surface area contributed by atoms with Crippen molar-refractivity contribution in [3.63, 3.8) is 0 Å². The van der Waals surface area contributed by atoms with Gasteiger partial charge in [0.25, 0.3) is 5.91 Å². The Balaban J connectivity index is 1.77. The van der Waals surface area contributed by atoms with Gasteiger partial charge in [-0.15, -0.1) is 0 Å². The summed E-state index contributed by atoms with van der Waals surface area (Å²) in [5.41, 5.74) is 8.74. The summed E-state index contributed by atoms with van der Waals surface area (Å²) >= 11 is 0. The molecule has 1 saturated heterocycles. The van der Waals surface area contributed by atoms with E-state index in [2.05, 4.69) is 17.1 Å². The number of likely N-dealkylation sites (N-methyl/N-ethyl adjacent to an activating group) is 1. The smallest absolute Gasteiger partial charge is 0.255 e. The third kappa shape index (κ3) is 3.64. The first-order valence-electron chi connectivity index (χ1n) is 9.10. The van der Waals surface area contributed by atoms with Crippen molar-refractivity contribution in [3.05, 3.63) is 34.9 Å². The number of hydrogen-bond donors (Lipinski definition) is 2. The largest absolute Gasteiger partial charge is 0.327 e. The van der Waals surface area contributed by atoms with E-state index in [1.165, 1.54) is 0 Å². The standard InChI is InChI=1S/C19H26N4O3/c1-3-13(20)10-22(2)9-12-5-4-6-14-15(12)11-23(19(14)26)16-7-8-17(24)21-18(16)25/h4-6,13,16H,3,7-11,20H2,1-2H3,(H,21,24,25). The Hall–Kier alpha value is -2.25. The van der Waals surface area contributed by atoms with Gasteiger partial charge < -0.3 is 15.5 Å². The highest BCUT2D eigenvalue weighted by atomic mass is 16.2. The number of amides is 3. The SMILES string of the molecule is CCC(N)CN(C)Cc1cccc2c1CN(C1CCC(=O)NC1=O)C2=O. The molecular formula is C19H26N4O3. The van der Waals surface area contributed by atoms with Crippen molar-refractivity contribution in [1.29, 1.82) is 0 Å². The van der Waals surface area contributed by atoms with Crippen LogP contribution in [0.2, 0.25) is 0 Å². The Labute approximate surface area is 153 Å². The van der Waals surface area contributed by atoms with Gasteiger partial charge in [-0.1, -0.05) is 19.1 Å². The molecule has 0 aliphatic carbocycles. The van der Waals surface area contributed by atoms with E-state index in [1.807, 2.05) is 25.2 Å². The number of nitrogens with one attached hydrogen (secondary N) is 1. The minimum Gasteiger partial charge on any atom is -0.327 e. The van der Waals surface area contributed by atoms with Crippen LogP contribution < -0.4 is 11.1 Å². The number of imide groups is 1. The second-order valence-corrected chi connectivity index (χ2v) is 7.21. The first-order valence-corrected chi connectivity index (χ1v) is 9.10. The fraction of sp³-hybridized carbons (Fsp3) is 0.526. The summed E-state index contributed by atoms with van der Waals surface area (Å²) in [7, 11) is 2.02. The molecule has 3 N–H and O–H groups in total. The summed E-state index contributed by atoms with van der Waals surface area (Å²) < 4.78 is 0. The van der Waals surface area contributed by atoms with Crippen molar-refractivity contribution in [1.82, 2.24) is 15.1 Å². The molecule has 3 amide bonds. The topological polar surface area (TPSA) is 95.7 Å². The number of piperidine rings is 1. The van der Waals surface area contributed by atoms with E-state index in [9.17, 15) is 14.4 Å². The molecule has 0 radical (unpaired) electrons. The predicted molar refractivity (Wildman–Crippen MR) is 97.1 cm³/mol. The van der Waals surface area contributed by atoms with Crippen LogP contribution in [-0.2, 0) is 22.7 Å². The second-order valence-electron chi connectivity index (χ2n) is 7.21. The van der Waals surface area contributed by atoms with Crippen LogP contribution in [0.1, 0.15) is 47.7 Å². The van der Waals surface area contributed by atoms with Crippen molar-refractivity contribution in [2.75, 3.05) is 13.6 Å². The number of nitrogens with two attached hydrogens (primary N) is 1. The quantitative estimate of drug-likeness (QED) is 0.727. The molecule has 0 bridgehead atoms. The zero-order valence-electron chi connectivity index (χ0n) is 15.3. The van der Waals surface area contributed by atoms with Crippen LogP contribution in [0, 0.1) is 0 Å². The maximum atomic E-state index is 12.8. The fourth-order valence-corrected chi connectivity index (χ4v) is 3.68. The third-order valence-corrected chi connectivity index (χ3v) is 5.19. The van der Waals surface area contributed by atoms with E-state index < -0.39 is 6.04 Å². The van der Waals surface area contributed by atoms with Crippen molar-refractivity contribution < 1.29 is 14.4 Å². The second kappa shape index (κ2) is 7.55. The summed E-state index contributed by atoms with van der Waals surface area (Å²) in [5, 5.41) is 2.33. The van der Waals surface area contributed by atoms with E-state index in [-0.39, 0.29) is 30.2 Å². The van der Waals surface area contributed by atoms with Crippen LogP contribution in [0.3, 0.4) is 0 Å². The van der Waals surface area contributed by atoms with Gasteiger partial charge in [0, 0.05) is 37.7 Å². The minimum absolute atomic E-state index is 0.123. The van der Waals surface area contributed by atoms with Gasteiger partial charge in [0.05, 0.1) is 0 Å². The summed E-state index contributed by atoms with van der Waals surface area (Å²) in [4.78, 5) is 40.1. The lowest BCUT2D eigenvalue weighted by Gasteiger charge is -2.29. The summed E-state index contributed by atoms with van der Waals surface area (Å²) in [6.07, 6.45) is 1.56. The lowest BCUT2D eigenvalue weighted by molar-refractivity contribution is -0.136. The maximum Gasteiger partial charge on any atom is 0.255 e. The molecule has 1 fully saturated rings. The van der Waals surface area contributed by atoms with Crippen LogP contribution >= 0.6 is 0 Å². The number of nitrogens with zero attached hydrogens (tertiary/aromatic N) is 2. The lowest BCUT2D eigenvalue weighted by Crippen LogP contribution is -2.52. The lowest BCUT2D eigenvalue weighted by atomic mass is 10.0. The first-order chi connectivity index (χ1) is 12.4. The Bertz CT molecular complexity index is 733. The Kier molecular flexibility index (Phi) is 5.38. The number of carbonyl (C=O) groups is 3. The van der Waals surface area contributed by atoms with E-state index in [1.54, 1.807) is 4.90 Å². The minimum atomic E-state index is -0.577. The molecule has 140 valence electrons. The van der Waals surface area contributed by atoms with E-state index >= 15 is 0 Å². The zero-order valence-corrected chi connectivity index (χ0v) is 15.3. The number of benzene rings is 1. The molecule has 2 unspecified atom stereocenters. The summed E-state index contributed by atoms with van der Waals surface area (Å²) in [6.45, 7) is 3.96. The molecule has 26 heavy (non-hydrogen) atoms. The molecule has 2 aliphatic heterocycles. The van der Waals surface area contributed by atoms with Gasteiger partial charge in [0.1, 0.15) is 6.04 Å². The summed E-state index contributed by atoms with van der Waals surface area (Å²) in [6, 6.07) is 5.26. The van der Waals surface area contributed by atoms with Gasteiger partial charge in [-0.25, -0.2) is 0 Å². The molecule has 0 spiro atoms. The average molecular weight is 358 g/mol. The number of rotatable bonds is 6. The van der Waals surface area contributed by atoms with Crippen molar-refractivity contribution >= 4 is 17.7 Å². The molecule has 1 aromatic rings. The molecule has 3 rings (SSSR count). The third-order valence-electron chi connectivity index (χ3n) is 5.19. The Morgan fingerprint density at radius 1 is 1.35 bits per heavy atom. The van der Waals surface area contributed by atoms with Gasteiger partial charge in [-0.05, 0) is 37.1 Å². The van der Waals surface area contributed by atoms with Crippen LogP contribution in [0.5, 0.6) is 0 Å². The van der Waals surface area contributed by atoms with Gasteiger partial charge >= 0.3 is 0 Å². The predicted octanol–water partition coefficient (Wildman–Crippen LogP) is 0.617. The van der Waals surface area contributed by atoms with Crippen LogP contribution in [-0.4, -0.2) is 53.2 Å². The molecule has 7 nitrogen and oxygen atoms in total. The van der Waals surface area contributed by atoms with Gasteiger partial charge in [-0.3, -0.25) is 19.7 Å². The van der Waals surface area contributed by atoms with Crippen molar-refractivity contribution in [2.24, 2.45) is 5.73 Å². The highest BCUT2D eigenvalue weighted by molar-refractivity contribution is 6.05. The molecule has 0 aromatic heterocycles. The van der Waals surface area contributed by atoms with Crippen molar-refractivity contribution in [3.8, 4) is 0 Å². The van der Waals surface area contributed by atoms with Crippen LogP contribution in [0.4, 0.5) is 0 Å². The highest BCUT2D eigenvalue weighted by Crippen LogP contribution is 2.30.